The van der Waals surface area contributed by atoms with E-state index in [0.717, 1.165) is 33.7 Å². The van der Waals surface area contributed by atoms with Gasteiger partial charge in [-0.25, -0.2) is 4.98 Å². The predicted octanol–water partition coefficient (Wildman–Crippen LogP) is 4.79. The molecule has 2 heterocycles. The highest BCUT2D eigenvalue weighted by atomic mass is 32.1. The molecule has 2 unspecified atom stereocenters. The minimum atomic E-state index is -0.765. The van der Waals surface area contributed by atoms with Crippen LogP contribution in [-0.2, 0) is 16.1 Å². The van der Waals surface area contributed by atoms with Crippen LogP contribution in [0.3, 0.4) is 0 Å². The van der Waals surface area contributed by atoms with Crippen molar-refractivity contribution in [1.29, 1.82) is 5.41 Å². The Balaban J connectivity index is 1.69. The molecule has 8 heteroatoms. The second-order valence-corrected chi connectivity index (χ2v) is 10.1. The van der Waals surface area contributed by atoms with Gasteiger partial charge in [-0.05, 0) is 62.3 Å². The molecule has 2 amide bonds. The highest BCUT2D eigenvalue weighted by Gasteiger charge is 2.39. The van der Waals surface area contributed by atoms with E-state index in [-0.39, 0.29) is 29.2 Å². The number of carbonyl (C=O) groups is 2. The number of allylic oxidation sites excluding steroid dienone is 1. The SMILES string of the molecule is CC(=N)/C=C(\O)C(C(=O)N1CCCC1C(=O)NCc1ccc(-c2scnc2C)cc1C)C(C)C. The molecule has 1 aliphatic rings. The fraction of sp³-hybridized carbons (Fsp3) is 0.462. The van der Waals surface area contributed by atoms with Gasteiger partial charge in [0.05, 0.1) is 22.0 Å². The highest BCUT2D eigenvalue weighted by Crippen LogP contribution is 2.29. The van der Waals surface area contributed by atoms with Gasteiger partial charge in [0.1, 0.15) is 11.8 Å². The minimum Gasteiger partial charge on any atom is -0.511 e. The molecule has 1 aromatic heterocycles. The lowest BCUT2D eigenvalue weighted by Crippen LogP contribution is -2.48. The number of amides is 2. The Labute approximate surface area is 205 Å². The Bertz CT molecular complexity index is 1110. The summed E-state index contributed by atoms with van der Waals surface area (Å²) in [6, 6.07) is 5.63. The van der Waals surface area contributed by atoms with Gasteiger partial charge in [0.25, 0.3) is 0 Å². The molecule has 7 nitrogen and oxygen atoms in total. The molecule has 0 saturated carbocycles. The molecule has 182 valence electrons. The van der Waals surface area contributed by atoms with Crippen molar-refractivity contribution in [2.24, 2.45) is 11.8 Å². The van der Waals surface area contributed by atoms with Crippen LogP contribution in [0.4, 0.5) is 0 Å². The van der Waals surface area contributed by atoms with Crippen molar-refractivity contribution < 1.29 is 14.7 Å². The van der Waals surface area contributed by atoms with Crippen LogP contribution in [0, 0.1) is 31.1 Å². The molecule has 34 heavy (non-hydrogen) atoms. The van der Waals surface area contributed by atoms with E-state index in [2.05, 4.69) is 16.4 Å². The first kappa shape index (κ1) is 25.6. The number of hydrogen-bond acceptors (Lipinski definition) is 6. The van der Waals surface area contributed by atoms with Gasteiger partial charge >= 0.3 is 0 Å². The van der Waals surface area contributed by atoms with Crippen molar-refractivity contribution in [2.45, 2.75) is 60.0 Å². The largest absolute Gasteiger partial charge is 0.511 e. The number of nitrogens with one attached hydrogen (secondary N) is 2. The Morgan fingerprint density at radius 3 is 2.68 bits per heavy atom. The smallest absolute Gasteiger partial charge is 0.243 e. The molecule has 2 atom stereocenters. The van der Waals surface area contributed by atoms with Gasteiger partial charge in [-0.1, -0.05) is 32.0 Å². The number of likely N-dealkylation sites (tertiary alicyclic amines) is 1. The fourth-order valence-electron chi connectivity index (χ4n) is 4.46. The maximum absolute atomic E-state index is 13.3. The average Bonchev–Trinajstić information content (AvgIpc) is 3.41. The first-order valence-electron chi connectivity index (χ1n) is 11.6. The second kappa shape index (κ2) is 11.0. The van der Waals surface area contributed by atoms with E-state index in [9.17, 15) is 14.7 Å². The van der Waals surface area contributed by atoms with Gasteiger partial charge in [0.15, 0.2) is 0 Å². The van der Waals surface area contributed by atoms with Gasteiger partial charge in [0.2, 0.25) is 11.8 Å². The molecule has 1 saturated heterocycles. The summed E-state index contributed by atoms with van der Waals surface area (Å²) in [6.45, 7) is 10.2. The zero-order valence-corrected chi connectivity index (χ0v) is 21.3. The molecule has 1 aromatic carbocycles. The Morgan fingerprint density at radius 2 is 2.09 bits per heavy atom. The Kier molecular flexibility index (Phi) is 8.25. The summed E-state index contributed by atoms with van der Waals surface area (Å²) >= 11 is 1.61. The van der Waals surface area contributed by atoms with Crippen LogP contribution in [0.25, 0.3) is 10.4 Å². The standard InChI is InChI=1S/C26H34N4O3S/c1-15(2)23(22(31)12-17(4)27)26(33)30-10-6-7-21(30)25(32)28-13-20-9-8-19(11-16(20)3)24-18(5)29-14-34-24/h8-9,11-12,14-15,21,23,27,31H,6-7,10,13H2,1-5H3,(H,28,32)/b22-12-,27-17?. The van der Waals surface area contributed by atoms with Crippen LogP contribution in [0.5, 0.6) is 0 Å². The monoisotopic (exact) mass is 482 g/mol. The lowest BCUT2D eigenvalue weighted by molar-refractivity contribution is -0.142. The molecule has 2 aromatic rings. The summed E-state index contributed by atoms with van der Waals surface area (Å²) in [5, 5.41) is 21.1. The Hall–Kier alpha value is -3.00. The van der Waals surface area contributed by atoms with E-state index < -0.39 is 12.0 Å². The number of aliphatic hydroxyl groups is 1. The number of benzene rings is 1. The van der Waals surface area contributed by atoms with E-state index in [1.807, 2.05) is 45.3 Å². The van der Waals surface area contributed by atoms with Crippen LogP contribution in [0.15, 0.2) is 35.5 Å². The maximum Gasteiger partial charge on any atom is 0.243 e. The van der Waals surface area contributed by atoms with Crippen LogP contribution < -0.4 is 5.32 Å². The van der Waals surface area contributed by atoms with Crippen LogP contribution in [-0.4, -0.2) is 45.1 Å². The number of thiazole rings is 1. The van der Waals surface area contributed by atoms with Gasteiger partial charge in [0, 0.05) is 18.8 Å². The van der Waals surface area contributed by atoms with Crippen LogP contribution in [0.1, 0.15) is 50.4 Å². The van der Waals surface area contributed by atoms with Crippen molar-refractivity contribution in [3.8, 4) is 10.4 Å². The summed E-state index contributed by atoms with van der Waals surface area (Å²) in [5.74, 6) is -1.48. The van der Waals surface area contributed by atoms with Crippen molar-refractivity contribution in [3.63, 3.8) is 0 Å². The van der Waals surface area contributed by atoms with Crippen molar-refractivity contribution in [3.05, 3.63) is 52.4 Å². The molecule has 0 bridgehead atoms. The normalized spacial score (nSPS) is 17.2. The number of carbonyl (C=O) groups excluding carboxylic acids is 2. The summed E-state index contributed by atoms with van der Waals surface area (Å²) in [5.41, 5.74) is 6.26. The predicted molar refractivity (Wildman–Crippen MR) is 136 cm³/mol. The zero-order chi connectivity index (χ0) is 25.0. The van der Waals surface area contributed by atoms with E-state index in [0.29, 0.717) is 19.5 Å². The van der Waals surface area contributed by atoms with Crippen LogP contribution >= 0.6 is 11.3 Å². The molecule has 1 aliphatic heterocycles. The summed E-state index contributed by atoms with van der Waals surface area (Å²) in [6.07, 6.45) is 2.65. The number of aliphatic hydroxyl groups excluding tert-OH is 1. The summed E-state index contributed by atoms with van der Waals surface area (Å²) in [4.78, 5) is 33.4. The van der Waals surface area contributed by atoms with Crippen molar-refractivity contribution in [2.75, 3.05) is 6.54 Å². The number of aryl methyl sites for hydroxylation is 2. The molecule has 0 radical (unpaired) electrons. The molecule has 1 fully saturated rings. The summed E-state index contributed by atoms with van der Waals surface area (Å²) < 4.78 is 0. The van der Waals surface area contributed by atoms with Crippen LogP contribution in [0.2, 0.25) is 0 Å². The van der Waals surface area contributed by atoms with Gasteiger partial charge in [-0.3, -0.25) is 9.59 Å². The minimum absolute atomic E-state index is 0.120. The third-order valence-electron chi connectivity index (χ3n) is 6.26. The third kappa shape index (κ3) is 5.73. The molecular formula is C26H34N4O3S. The molecular weight excluding hydrogens is 448 g/mol. The topological polar surface area (TPSA) is 106 Å². The zero-order valence-electron chi connectivity index (χ0n) is 20.5. The molecule has 3 N–H and O–H groups in total. The van der Waals surface area contributed by atoms with Gasteiger partial charge in [-0.2, -0.15) is 0 Å². The van der Waals surface area contributed by atoms with E-state index >= 15 is 0 Å². The molecule has 0 spiro atoms. The van der Waals surface area contributed by atoms with E-state index in [4.69, 9.17) is 5.41 Å². The van der Waals surface area contributed by atoms with Crippen molar-refractivity contribution >= 4 is 28.9 Å². The fourth-order valence-corrected chi connectivity index (χ4v) is 5.26. The maximum atomic E-state index is 13.3. The summed E-state index contributed by atoms with van der Waals surface area (Å²) in [7, 11) is 0. The number of rotatable bonds is 8. The molecule has 0 aliphatic carbocycles. The van der Waals surface area contributed by atoms with E-state index in [1.54, 1.807) is 23.2 Å². The number of aromatic nitrogens is 1. The number of hydrogen-bond donors (Lipinski definition) is 3. The lowest BCUT2D eigenvalue weighted by Gasteiger charge is -2.29. The number of nitrogens with zero attached hydrogens (tertiary/aromatic N) is 2. The molecule has 3 rings (SSSR count). The highest BCUT2D eigenvalue weighted by molar-refractivity contribution is 7.13. The quantitative estimate of drug-likeness (QED) is 0.371. The second-order valence-electron chi connectivity index (χ2n) is 9.29. The Morgan fingerprint density at radius 1 is 1.35 bits per heavy atom. The lowest BCUT2D eigenvalue weighted by atomic mass is 9.91. The van der Waals surface area contributed by atoms with Crippen molar-refractivity contribution in [1.82, 2.24) is 15.2 Å². The van der Waals surface area contributed by atoms with Gasteiger partial charge in [-0.15, -0.1) is 11.3 Å². The van der Waals surface area contributed by atoms with E-state index in [1.165, 1.54) is 6.08 Å². The first-order chi connectivity index (χ1) is 16.1. The third-order valence-corrected chi connectivity index (χ3v) is 7.24. The average molecular weight is 483 g/mol. The van der Waals surface area contributed by atoms with Gasteiger partial charge < -0.3 is 20.7 Å². The first-order valence-corrected chi connectivity index (χ1v) is 12.5.